The van der Waals surface area contributed by atoms with Crippen LogP contribution in [0.4, 0.5) is 11.4 Å². The third-order valence-electron chi connectivity index (χ3n) is 3.47. The van der Waals surface area contributed by atoms with Crippen molar-refractivity contribution in [2.24, 2.45) is 0 Å². The second-order valence-corrected chi connectivity index (χ2v) is 5.11. The molecule has 1 aliphatic rings. The molecule has 20 heavy (non-hydrogen) atoms. The molecule has 0 saturated carbocycles. The Morgan fingerprint density at radius 1 is 1.45 bits per heavy atom. The standard InChI is InChI=1S/C14H18N2O4/c1-10(17)7-8-15-13-6-5-12(16(19)20)9-11(13)3-2-4-14(15)18/h5-6,9-10,17H,2-4,7-8H2,1H3. The maximum atomic E-state index is 12.1. The van der Waals surface area contributed by atoms with Crippen LogP contribution in [0.5, 0.6) is 0 Å². The van der Waals surface area contributed by atoms with E-state index in [-0.39, 0.29) is 11.6 Å². The van der Waals surface area contributed by atoms with E-state index in [4.69, 9.17) is 0 Å². The molecule has 1 aliphatic heterocycles. The topological polar surface area (TPSA) is 83.7 Å². The molecule has 1 heterocycles. The summed E-state index contributed by atoms with van der Waals surface area (Å²) in [5, 5.41) is 20.2. The van der Waals surface area contributed by atoms with Gasteiger partial charge in [0.15, 0.2) is 0 Å². The van der Waals surface area contributed by atoms with Gasteiger partial charge >= 0.3 is 0 Å². The third-order valence-corrected chi connectivity index (χ3v) is 3.47. The number of nitro groups is 1. The van der Waals surface area contributed by atoms with Gasteiger partial charge in [0.1, 0.15) is 0 Å². The highest BCUT2D eigenvalue weighted by Gasteiger charge is 2.23. The van der Waals surface area contributed by atoms with Crippen LogP contribution in [0, 0.1) is 10.1 Å². The van der Waals surface area contributed by atoms with Gasteiger partial charge in [0.2, 0.25) is 5.91 Å². The van der Waals surface area contributed by atoms with Crippen molar-refractivity contribution in [1.82, 2.24) is 0 Å². The van der Waals surface area contributed by atoms with Gasteiger partial charge in [-0.3, -0.25) is 14.9 Å². The zero-order chi connectivity index (χ0) is 14.7. The van der Waals surface area contributed by atoms with Gasteiger partial charge in [-0.25, -0.2) is 0 Å². The molecule has 1 unspecified atom stereocenters. The summed E-state index contributed by atoms with van der Waals surface area (Å²) >= 11 is 0. The SMILES string of the molecule is CC(O)CCN1C(=O)CCCc2cc([N+](=O)[O-])ccc21. The van der Waals surface area contributed by atoms with Crippen molar-refractivity contribution in [3.63, 3.8) is 0 Å². The fraction of sp³-hybridized carbons (Fsp3) is 0.500. The molecule has 108 valence electrons. The van der Waals surface area contributed by atoms with Crippen LogP contribution in [0.1, 0.15) is 31.7 Å². The van der Waals surface area contributed by atoms with Gasteiger partial charge in [0.25, 0.3) is 5.69 Å². The maximum Gasteiger partial charge on any atom is 0.269 e. The maximum absolute atomic E-state index is 12.1. The summed E-state index contributed by atoms with van der Waals surface area (Å²) in [6, 6.07) is 4.61. The molecule has 1 atom stereocenters. The van der Waals surface area contributed by atoms with Gasteiger partial charge in [0, 0.05) is 30.8 Å². The fourth-order valence-electron chi connectivity index (χ4n) is 2.41. The highest BCUT2D eigenvalue weighted by Crippen LogP contribution is 2.30. The number of aryl methyl sites for hydroxylation is 1. The van der Waals surface area contributed by atoms with Crippen molar-refractivity contribution in [3.05, 3.63) is 33.9 Å². The van der Waals surface area contributed by atoms with Gasteiger partial charge in [-0.15, -0.1) is 0 Å². The molecule has 0 aliphatic carbocycles. The molecule has 2 rings (SSSR count). The minimum absolute atomic E-state index is 0.0123. The van der Waals surface area contributed by atoms with E-state index in [1.807, 2.05) is 0 Å². The second kappa shape index (κ2) is 6.00. The van der Waals surface area contributed by atoms with Gasteiger partial charge < -0.3 is 10.0 Å². The number of nitrogens with zero attached hydrogens (tertiary/aromatic N) is 2. The van der Waals surface area contributed by atoms with Crippen molar-refractivity contribution >= 4 is 17.3 Å². The molecule has 6 heteroatoms. The molecule has 1 N–H and O–H groups in total. The van der Waals surface area contributed by atoms with Crippen molar-refractivity contribution in [2.75, 3.05) is 11.4 Å². The molecule has 0 saturated heterocycles. The van der Waals surface area contributed by atoms with Crippen molar-refractivity contribution < 1.29 is 14.8 Å². The summed E-state index contributed by atoms with van der Waals surface area (Å²) in [6.45, 7) is 2.11. The second-order valence-electron chi connectivity index (χ2n) is 5.11. The number of carbonyl (C=O) groups is 1. The average molecular weight is 278 g/mol. The number of aliphatic hydroxyl groups excluding tert-OH is 1. The van der Waals surface area contributed by atoms with Crippen LogP contribution in [0.3, 0.4) is 0 Å². The van der Waals surface area contributed by atoms with E-state index >= 15 is 0 Å². The molecular weight excluding hydrogens is 260 g/mol. The van der Waals surface area contributed by atoms with Crippen LogP contribution in [0.15, 0.2) is 18.2 Å². The zero-order valence-electron chi connectivity index (χ0n) is 11.4. The summed E-state index contributed by atoms with van der Waals surface area (Å²) in [7, 11) is 0. The first-order valence-electron chi connectivity index (χ1n) is 6.75. The quantitative estimate of drug-likeness (QED) is 0.674. The minimum Gasteiger partial charge on any atom is -0.393 e. The number of nitro benzene ring substituents is 1. The highest BCUT2D eigenvalue weighted by atomic mass is 16.6. The van der Waals surface area contributed by atoms with Gasteiger partial charge in [-0.05, 0) is 37.8 Å². The molecule has 1 amide bonds. The number of amides is 1. The Hall–Kier alpha value is -1.95. The molecule has 0 spiro atoms. The number of carbonyl (C=O) groups excluding carboxylic acids is 1. The Labute approximate surface area is 117 Å². The molecule has 0 bridgehead atoms. The molecule has 0 fully saturated rings. The fourth-order valence-corrected chi connectivity index (χ4v) is 2.41. The highest BCUT2D eigenvalue weighted by molar-refractivity contribution is 5.95. The predicted octanol–water partition coefficient (Wildman–Crippen LogP) is 2.04. The first-order valence-corrected chi connectivity index (χ1v) is 6.75. The van der Waals surface area contributed by atoms with Crippen molar-refractivity contribution in [1.29, 1.82) is 0 Å². The third kappa shape index (κ3) is 3.14. The lowest BCUT2D eigenvalue weighted by Gasteiger charge is -2.23. The lowest BCUT2D eigenvalue weighted by Crippen LogP contribution is -2.32. The number of anilines is 1. The lowest BCUT2D eigenvalue weighted by atomic mass is 10.1. The normalized spacial score (nSPS) is 16.5. The van der Waals surface area contributed by atoms with Crippen molar-refractivity contribution in [3.8, 4) is 0 Å². The summed E-state index contributed by atoms with van der Waals surface area (Å²) in [4.78, 5) is 24.2. The van der Waals surface area contributed by atoms with Gasteiger partial charge in [0.05, 0.1) is 11.0 Å². The van der Waals surface area contributed by atoms with Crippen LogP contribution >= 0.6 is 0 Å². The molecule has 6 nitrogen and oxygen atoms in total. The summed E-state index contributed by atoms with van der Waals surface area (Å²) < 4.78 is 0. The monoisotopic (exact) mass is 278 g/mol. The number of hydrogen-bond acceptors (Lipinski definition) is 4. The Kier molecular flexibility index (Phi) is 4.34. The van der Waals surface area contributed by atoms with E-state index in [0.717, 1.165) is 11.3 Å². The Morgan fingerprint density at radius 3 is 2.85 bits per heavy atom. The summed E-state index contributed by atoms with van der Waals surface area (Å²) in [5.74, 6) is 0.0123. The molecule has 1 aromatic rings. The van der Waals surface area contributed by atoms with E-state index < -0.39 is 11.0 Å². The molecule has 0 aromatic heterocycles. The summed E-state index contributed by atoms with van der Waals surface area (Å²) in [6.07, 6.45) is 1.80. The van der Waals surface area contributed by atoms with E-state index in [2.05, 4.69) is 0 Å². The first-order chi connectivity index (χ1) is 9.49. The predicted molar refractivity (Wildman–Crippen MR) is 74.7 cm³/mol. The minimum atomic E-state index is -0.479. The van der Waals surface area contributed by atoms with Crippen LogP contribution in [-0.2, 0) is 11.2 Å². The first kappa shape index (κ1) is 14.5. The van der Waals surface area contributed by atoms with Crippen LogP contribution in [0.25, 0.3) is 0 Å². The van der Waals surface area contributed by atoms with E-state index in [0.29, 0.717) is 32.2 Å². The number of aliphatic hydroxyl groups is 1. The molecule has 0 radical (unpaired) electrons. The van der Waals surface area contributed by atoms with E-state index in [9.17, 15) is 20.0 Å². The summed E-state index contributed by atoms with van der Waals surface area (Å²) in [5.41, 5.74) is 1.61. The van der Waals surface area contributed by atoms with Crippen LogP contribution < -0.4 is 4.90 Å². The van der Waals surface area contributed by atoms with E-state index in [1.54, 1.807) is 24.0 Å². The number of rotatable bonds is 4. The number of benzene rings is 1. The average Bonchev–Trinajstić information content (AvgIpc) is 2.54. The number of hydrogen-bond donors (Lipinski definition) is 1. The van der Waals surface area contributed by atoms with Gasteiger partial charge in [-0.2, -0.15) is 0 Å². The number of fused-ring (bicyclic) bond motifs is 1. The smallest absolute Gasteiger partial charge is 0.269 e. The Bertz CT molecular complexity index is 528. The zero-order valence-corrected chi connectivity index (χ0v) is 11.4. The van der Waals surface area contributed by atoms with E-state index in [1.165, 1.54) is 6.07 Å². The lowest BCUT2D eigenvalue weighted by molar-refractivity contribution is -0.384. The molecular formula is C14H18N2O4. The van der Waals surface area contributed by atoms with Crippen LogP contribution in [-0.4, -0.2) is 28.6 Å². The van der Waals surface area contributed by atoms with Gasteiger partial charge in [-0.1, -0.05) is 0 Å². The number of non-ortho nitro benzene ring substituents is 1. The molecule has 1 aromatic carbocycles. The van der Waals surface area contributed by atoms with Crippen LogP contribution in [0.2, 0.25) is 0 Å². The largest absolute Gasteiger partial charge is 0.393 e. The Morgan fingerprint density at radius 2 is 2.20 bits per heavy atom. The Balaban J connectivity index is 2.33. The van der Waals surface area contributed by atoms with Crippen molar-refractivity contribution in [2.45, 2.75) is 38.7 Å².